The van der Waals surface area contributed by atoms with Crippen LogP contribution in [-0.4, -0.2) is 61.9 Å². The summed E-state index contributed by atoms with van der Waals surface area (Å²) in [4.78, 5) is 15.1. The van der Waals surface area contributed by atoms with Gasteiger partial charge in [0.05, 0.1) is 17.6 Å². The van der Waals surface area contributed by atoms with E-state index in [2.05, 4.69) is 6.92 Å². The van der Waals surface area contributed by atoms with Gasteiger partial charge in [0.15, 0.2) is 0 Å². The fourth-order valence-corrected chi connectivity index (χ4v) is 5.35. The Kier molecular flexibility index (Phi) is 5.99. The summed E-state index contributed by atoms with van der Waals surface area (Å²) in [5.41, 5.74) is 0.452. The first-order valence-electron chi connectivity index (χ1n) is 9.46. The second-order valence-corrected chi connectivity index (χ2v) is 9.07. The van der Waals surface area contributed by atoms with Crippen molar-refractivity contribution < 1.29 is 17.9 Å². The monoisotopic (exact) mass is 380 g/mol. The van der Waals surface area contributed by atoms with Crippen LogP contribution in [0.2, 0.25) is 0 Å². The lowest BCUT2D eigenvalue weighted by atomic mass is 9.99. The summed E-state index contributed by atoms with van der Waals surface area (Å²) in [6.07, 6.45) is 3.97. The van der Waals surface area contributed by atoms with Gasteiger partial charge in [-0.2, -0.15) is 4.31 Å². The molecule has 0 spiro atoms. The second-order valence-electron chi connectivity index (χ2n) is 7.13. The first kappa shape index (κ1) is 19.3. The third-order valence-corrected chi connectivity index (χ3v) is 7.14. The fourth-order valence-electron chi connectivity index (χ4n) is 3.80. The van der Waals surface area contributed by atoms with E-state index in [1.165, 1.54) is 10.4 Å². The average Bonchev–Trinajstić information content (AvgIpc) is 2.67. The van der Waals surface area contributed by atoms with Crippen LogP contribution < -0.4 is 0 Å². The molecule has 2 aliphatic heterocycles. The molecule has 2 unspecified atom stereocenters. The summed E-state index contributed by atoms with van der Waals surface area (Å²) in [5, 5.41) is 0. The van der Waals surface area contributed by atoms with Gasteiger partial charge in [-0.3, -0.25) is 4.79 Å². The molecule has 2 saturated heterocycles. The van der Waals surface area contributed by atoms with Crippen molar-refractivity contribution in [3.05, 3.63) is 29.8 Å². The van der Waals surface area contributed by atoms with Gasteiger partial charge in [0.25, 0.3) is 5.91 Å². The van der Waals surface area contributed by atoms with Gasteiger partial charge >= 0.3 is 0 Å². The Hall–Kier alpha value is -1.44. The molecular weight excluding hydrogens is 352 g/mol. The molecule has 0 aromatic heterocycles. The van der Waals surface area contributed by atoms with Crippen molar-refractivity contribution in [3.8, 4) is 0 Å². The van der Waals surface area contributed by atoms with Crippen molar-refractivity contribution in [3.63, 3.8) is 0 Å². The van der Waals surface area contributed by atoms with E-state index in [1.54, 1.807) is 18.2 Å². The average molecular weight is 381 g/mol. The molecule has 6 nitrogen and oxygen atoms in total. The Morgan fingerprint density at radius 3 is 2.81 bits per heavy atom. The number of hydrogen-bond acceptors (Lipinski definition) is 4. The molecule has 26 heavy (non-hydrogen) atoms. The van der Waals surface area contributed by atoms with Gasteiger partial charge in [-0.15, -0.1) is 0 Å². The molecule has 2 atom stereocenters. The van der Waals surface area contributed by atoms with Crippen molar-refractivity contribution >= 4 is 15.9 Å². The number of ether oxygens (including phenoxy) is 1. The van der Waals surface area contributed by atoms with Gasteiger partial charge in [-0.05, 0) is 50.8 Å². The van der Waals surface area contributed by atoms with Gasteiger partial charge in [0, 0.05) is 31.2 Å². The lowest BCUT2D eigenvalue weighted by molar-refractivity contribution is 0.0102. The Morgan fingerprint density at radius 1 is 1.27 bits per heavy atom. The summed E-state index contributed by atoms with van der Waals surface area (Å²) in [6, 6.07) is 6.72. The van der Waals surface area contributed by atoms with E-state index in [9.17, 15) is 13.2 Å². The van der Waals surface area contributed by atoms with Crippen LogP contribution >= 0.6 is 0 Å². The van der Waals surface area contributed by atoms with E-state index in [0.29, 0.717) is 25.3 Å². The highest BCUT2D eigenvalue weighted by molar-refractivity contribution is 7.89. The van der Waals surface area contributed by atoms with E-state index in [-0.39, 0.29) is 22.9 Å². The summed E-state index contributed by atoms with van der Waals surface area (Å²) in [7, 11) is -3.62. The van der Waals surface area contributed by atoms with E-state index >= 15 is 0 Å². The predicted octanol–water partition coefficient (Wildman–Crippen LogP) is 2.50. The maximum absolute atomic E-state index is 13.0. The SMILES string of the molecule is CCC1CCCCN1C(=O)c1cccc(S(=O)(=O)N2CCOC(C)C2)c1. The number of rotatable bonds is 4. The zero-order valence-corrected chi connectivity index (χ0v) is 16.4. The molecule has 0 aliphatic carbocycles. The molecule has 1 aromatic rings. The zero-order valence-electron chi connectivity index (χ0n) is 15.6. The molecule has 0 radical (unpaired) electrons. The zero-order chi connectivity index (χ0) is 18.7. The molecule has 2 fully saturated rings. The van der Waals surface area contributed by atoms with E-state index in [0.717, 1.165) is 32.2 Å². The lowest BCUT2D eigenvalue weighted by Gasteiger charge is -2.35. The van der Waals surface area contributed by atoms with Gasteiger partial charge in [-0.1, -0.05) is 13.0 Å². The highest BCUT2D eigenvalue weighted by Gasteiger charge is 2.31. The Labute approximate surface area is 156 Å². The maximum Gasteiger partial charge on any atom is 0.254 e. The third-order valence-electron chi connectivity index (χ3n) is 5.28. The number of morpholine rings is 1. The van der Waals surface area contributed by atoms with Gasteiger partial charge in [0.2, 0.25) is 10.0 Å². The molecule has 2 heterocycles. The quantitative estimate of drug-likeness (QED) is 0.805. The van der Waals surface area contributed by atoms with Crippen LogP contribution in [0.25, 0.3) is 0 Å². The number of nitrogens with zero attached hydrogens (tertiary/aromatic N) is 2. The smallest absolute Gasteiger partial charge is 0.254 e. The molecule has 144 valence electrons. The number of carbonyl (C=O) groups is 1. The van der Waals surface area contributed by atoms with Crippen LogP contribution in [0.15, 0.2) is 29.2 Å². The lowest BCUT2D eigenvalue weighted by Crippen LogP contribution is -2.44. The Morgan fingerprint density at radius 2 is 2.08 bits per heavy atom. The number of carbonyl (C=O) groups excluding carboxylic acids is 1. The molecule has 0 N–H and O–H groups in total. The van der Waals surface area contributed by atoms with Crippen molar-refractivity contribution in [2.24, 2.45) is 0 Å². The van der Waals surface area contributed by atoms with Crippen LogP contribution in [0, 0.1) is 0 Å². The van der Waals surface area contributed by atoms with E-state index in [1.807, 2.05) is 11.8 Å². The van der Waals surface area contributed by atoms with E-state index < -0.39 is 10.0 Å². The van der Waals surface area contributed by atoms with Crippen molar-refractivity contribution in [1.29, 1.82) is 0 Å². The topological polar surface area (TPSA) is 66.9 Å². The summed E-state index contributed by atoms with van der Waals surface area (Å²) in [5.74, 6) is -0.0658. The molecule has 1 amide bonds. The van der Waals surface area contributed by atoms with Crippen LogP contribution in [0.4, 0.5) is 0 Å². The van der Waals surface area contributed by atoms with Crippen LogP contribution in [0.1, 0.15) is 49.9 Å². The molecule has 3 rings (SSSR count). The molecular formula is C19H28N2O4S. The molecule has 0 bridgehead atoms. The Bertz CT molecular complexity index is 750. The summed E-state index contributed by atoms with van der Waals surface area (Å²) >= 11 is 0. The predicted molar refractivity (Wildman–Crippen MR) is 99.6 cm³/mol. The van der Waals surface area contributed by atoms with E-state index in [4.69, 9.17) is 4.74 Å². The maximum atomic E-state index is 13.0. The number of hydrogen-bond donors (Lipinski definition) is 0. The van der Waals surface area contributed by atoms with Gasteiger partial charge in [-0.25, -0.2) is 8.42 Å². The first-order valence-corrected chi connectivity index (χ1v) is 10.9. The fraction of sp³-hybridized carbons (Fsp3) is 0.632. The highest BCUT2D eigenvalue weighted by Crippen LogP contribution is 2.24. The number of likely N-dealkylation sites (tertiary alicyclic amines) is 1. The highest BCUT2D eigenvalue weighted by atomic mass is 32.2. The number of piperidine rings is 1. The minimum Gasteiger partial charge on any atom is -0.376 e. The number of sulfonamides is 1. The van der Waals surface area contributed by atoms with Gasteiger partial charge < -0.3 is 9.64 Å². The van der Waals surface area contributed by atoms with Crippen LogP contribution in [0.3, 0.4) is 0 Å². The van der Waals surface area contributed by atoms with Crippen LogP contribution in [0.5, 0.6) is 0 Å². The van der Waals surface area contributed by atoms with Crippen molar-refractivity contribution in [2.45, 2.75) is 56.6 Å². The standard InChI is InChI=1S/C19H28N2O4S/c1-3-17-8-4-5-10-21(17)19(22)16-7-6-9-18(13-16)26(23,24)20-11-12-25-15(2)14-20/h6-7,9,13,15,17H,3-5,8,10-12,14H2,1-2H3. The van der Waals surface area contributed by atoms with Crippen molar-refractivity contribution in [2.75, 3.05) is 26.2 Å². The second kappa shape index (κ2) is 8.06. The number of amides is 1. The Balaban J connectivity index is 1.84. The molecule has 7 heteroatoms. The summed E-state index contributed by atoms with van der Waals surface area (Å²) in [6.45, 7) is 5.78. The molecule has 1 aromatic carbocycles. The normalized spacial score (nSPS) is 25.2. The largest absolute Gasteiger partial charge is 0.376 e. The minimum atomic E-state index is -3.62. The van der Waals surface area contributed by atoms with Crippen LogP contribution in [-0.2, 0) is 14.8 Å². The molecule has 0 saturated carbocycles. The number of benzene rings is 1. The van der Waals surface area contributed by atoms with Crippen molar-refractivity contribution in [1.82, 2.24) is 9.21 Å². The molecule has 2 aliphatic rings. The van der Waals surface area contributed by atoms with Gasteiger partial charge in [0.1, 0.15) is 0 Å². The first-order chi connectivity index (χ1) is 12.4. The third kappa shape index (κ3) is 3.94. The summed E-state index contributed by atoms with van der Waals surface area (Å²) < 4.78 is 32.8. The minimum absolute atomic E-state index is 0.0658.